The quantitative estimate of drug-likeness (QED) is 0.280. The number of aliphatic carboxylic acids is 1. The van der Waals surface area contributed by atoms with Crippen molar-refractivity contribution in [3.63, 3.8) is 0 Å². The van der Waals surface area contributed by atoms with E-state index < -0.39 is 12.0 Å². The Kier molecular flexibility index (Phi) is 10.8. The fraction of sp³-hybridized carbons (Fsp3) is 0.394. The van der Waals surface area contributed by atoms with Crippen molar-refractivity contribution in [3.8, 4) is 11.1 Å². The number of carboxylic acid groups (broad SMARTS) is 1. The highest BCUT2D eigenvalue weighted by atomic mass is 32.2. The Labute approximate surface area is 242 Å². The van der Waals surface area contributed by atoms with Crippen molar-refractivity contribution in [1.29, 1.82) is 0 Å². The number of carbonyl (C=O) groups excluding carboxylic acids is 1. The van der Waals surface area contributed by atoms with Crippen LogP contribution < -0.4 is 5.32 Å². The van der Waals surface area contributed by atoms with Gasteiger partial charge in [-0.1, -0.05) is 60.7 Å². The summed E-state index contributed by atoms with van der Waals surface area (Å²) in [5.41, 5.74) is 5.83. The number of ether oxygens (including phenoxy) is 1. The first-order valence-electron chi connectivity index (χ1n) is 13.9. The van der Waals surface area contributed by atoms with Crippen molar-refractivity contribution < 1.29 is 19.4 Å². The molecule has 1 saturated heterocycles. The van der Waals surface area contributed by atoms with E-state index in [1.54, 1.807) is 18.9 Å². The van der Waals surface area contributed by atoms with Gasteiger partial charge >= 0.3 is 5.97 Å². The largest absolute Gasteiger partial charge is 0.480 e. The van der Waals surface area contributed by atoms with Crippen LogP contribution >= 0.6 is 11.8 Å². The molecule has 40 heavy (non-hydrogen) atoms. The van der Waals surface area contributed by atoms with E-state index in [0.29, 0.717) is 36.3 Å². The third-order valence-electron chi connectivity index (χ3n) is 7.70. The molecular weight excluding hydrogens is 520 g/mol. The third kappa shape index (κ3) is 7.74. The molecule has 0 spiro atoms. The smallest absolute Gasteiger partial charge is 0.326 e. The number of carbonyl (C=O) groups is 2. The SMILES string of the molecule is COC[C@@H]1C[C@@H](Cc2ccccc2)CN1Cc1ccc(C(=O)N[C@@H](CCSC)C(=O)O)c(-c2ccccc2C)c1. The molecule has 1 aliphatic heterocycles. The molecule has 6 nitrogen and oxygen atoms in total. The van der Waals surface area contributed by atoms with Crippen LogP contribution in [0.1, 0.15) is 39.9 Å². The third-order valence-corrected chi connectivity index (χ3v) is 8.35. The molecule has 2 N–H and O–H groups in total. The van der Waals surface area contributed by atoms with Crippen molar-refractivity contribution in [2.24, 2.45) is 5.92 Å². The van der Waals surface area contributed by atoms with Crippen LogP contribution in [0.3, 0.4) is 0 Å². The Bertz CT molecular complexity index is 1280. The zero-order chi connectivity index (χ0) is 28.5. The summed E-state index contributed by atoms with van der Waals surface area (Å²) in [7, 11) is 1.76. The monoisotopic (exact) mass is 560 g/mol. The molecule has 7 heteroatoms. The number of nitrogens with zero attached hydrogens (tertiary/aromatic N) is 1. The van der Waals surface area contributed by atoms with Crippen LogP contribution in [-0.2, 0) is 22.5 Å². The topological polar surface area (TPSA) is 78.9 Å². The molecule has 3 aromatic carbocycles. The lowest BCUT2D eigenvalue weighted by Crippen LogP contribution is -2.41. The number of amides is 1. The highest BCUT2D eigenvalue weighted by Crippen LogP contribution is 2.32. The Hall–Kier alpha value is -3.13. The maximum atomic E-state index is 13.4. The predicted octanol–water partition coefficient (Wildman–Crippen LogP) is 5.68. The van der Waals surface area contributed by atoms with Gasteiger partial charge in [-0.05, 0) is 84.1 Å². The summed E-state index contributed by atoms with van der Waals surface area (Å²) in [6.07, 6.45) is 4.43. The number of benzene rings is 3. The van der Waals surface area contributed by atoms with E-state index in [4.69, 9.17) is 4.74 Å². The van der Waals surface area contributed by atoms with Gasteiger partial charge in [0.2, 0.25) is 0 Å². The van der Waals surface area contributed by atoms with Crippen LogP contribution in [0.25, 0.3) is 11.1 Å². The van der Waals surface area contributed by atoms with Crippen molar-refractivity contribution in [2.75, 3.05) is 32.3 Å². The van der Waals surface area contributed by atoms with Crippen LogP contribution in [-0.4, -0.2) is 66.2 Å². The number of nitrogens with one attached hydrogen (secondary N) is 1. The molecule has 0 unspecified atom stereocenters. The second kappa shape index (κ2) is 14.5. The van der Waals surface area contributed by atoms with Gasteiger partial charge in [0.25, 0.3) is 5.91 Å². The molecule has 1 fully saturated rings. The average molecular weight is 561 g/mol. The highest BCUT2D eigenvalue weighted by molar-refractivity contribution is 7.98. The van der Waals surface area contributed by atoms with E-state index in [1.807, 2.05) is 49.6 Å². The predicted molar refractivity (Wildman–Crippen MR) is 163 cm³/mol. The minimum Gasteiger partial charge on any atom is -0.480 e. The molecule has 1 amide bonds. The molecule has 0 saturated carbocycles. The fourth-order valence-corrected chi connectivity index (χ4v) is 6.16. The Morgan fingerprint density at radius 2 is 1.80 bits per heavy atom. The van der Waals surface area contributed by atoms with Gasteiger partial charge in [-0.15, -0.1) is 0 Å². The van der Waals surface area contributed by atoms with Gasteiger partial charge in [0.05, 0.1) is 6.61 Å². The molecule has 0 aliphatic carbocycles. The van der Waals surface area contributed by atoms with E-state index >= 15 is 0 Å². The number of likely N-dealkylation sites (tertiary alicyclic amines) is 1. The summed E-state index contributed by atoms with van der Waals surface area (Å²) in [5.74, 6) is -0.165. The van der Waals surface area contributed by atoms with Crippen molar-refractivity contribution >= 4 is 23.6 Å². The number of aryl methyl sites for hydroxylation is 1. The summed E-state index contributed by atoms with van der Waals surface area (Å²) in [5, 5.41) is 12.4. The molecule has 3 aromatic rings. The van der Waals surface area contributed by atoms with E-state index in [2.05, 4.69) is 46.6 Å². The summed E-state index contributed by atoms with van der Waals surface area (Å²) in [4.78, 5) is 27.7. The molecule has 0 bridgehead atoms. The molecule has 0 radical (unpaired) electrons. The lowest BCUT2D eigenvalue weighted by Gasteiger charge is -2.24. The summed E-state index contributed by atoms with van der Waals surface area (Å²) in [6.45, 7) is 4.46. The number of rotatable bonds is 13. The summed E-state index contributed by atoms with van der Waals surface area (Å²) in [6, 6.07) is 24.0. The van der Waals surface area contributed by atoms with Crippen LogP contribution in [0.15, 0.2) is 72.8 Å². The van der Waals surface area contributed by atoms with E-state index in [-0.39, 0.29) is 5.91 Å². The molecule has 1 heterocycles. The maximum absolute atomic E-state index is 13.4. The molecule has 3 atom stereocenters. The lowest BCUT2D eigenvalue weighted by molar-refractivity contribution is -0.139. The van der Waals surface area contributed by atoms with Gasteiger partial charge in [-0.25, -0.2) is 4.79 Å². The normalized spacial score (nSPS) is 18.0. The van der Waals surface area contributed by atoms with Crippen LogP contribution in [0.2, 0.25) is 0 Å². The first-order chi connectivity index (χ1) is 19.4. The van der Waals surface area contributed by atoms with Gasteiger partial charge in [-0.3, -0.25) is 9.69 Å². The number of hydrogen-bond acceptors (Lipinski definition) is 5. The molecule has 212 valence electrons. The molecule has 4 rings (SSSR count). The van der Waals surface area contributed by atoms with Gasteiger partial charge < -0.3 is 15.2 Å². The second-order valence-corrected chi connectivity index (χ2v) is 11.7. The second-order valence-electron chi connectivity index (χ2n) is 10.7. The molecule has 1 aliphatic rings. The van der Waals surface area contributed by atoms with Crippen LogP contribution in [0.4, 0.5) is 0 Å². The zero-order valence-electron chi connectivity index (χ0n) is 23.6. The Balaban J connectivity index is 1.59. The van der Waals surface area contributed by atoms with Gasteiger partial charge in [0.1, 0.15) is 6.04 Å². The lowest BCUT2D eigenvalue weighted by atomic mass is 9.93. The summed E-state index contributed by atoms with van der Waals surface area (Å²) < 4.78 is 5.59. The first-order valence-corrected chi connectivity index (χ1v) is 15.3. The van der Waals surface area contributed by atoms with Gasteiger partial charge in [0, 0.05) is 31.8 Å². The minimum atomic E-state index is -1.01. The number of thioether (sulfide) groups is 1. The fourth-order valence-electron chi connectivity index (χ4n) is 5.69. The van der Waals surface area contributed by atoms with E-state index in [0.717, 1.165) is 48.2 Å². The standard InChI is InChI=1S/C33H40N2O4S/c1-23-9-7-8-12-28(23)30-19-25(13-14-29(30)32(36)34-31(33(37)38)15-16-40-3)20-35-21-26(18-27(35)22-39-2)17-24-10-5-4-6-11-24/h4-14,19,26-27,31H,15-18,20-22H2,1-3H3,(H,34,36)(H,37,38)/t26-,27+,31+/m1/s1. The molecule has 0 aromatic heterocycles. The number of carboxylic acids is 1. The Morgan fingerprint density at radius 3 is 2.50 bits per heavy atom. The van der Waals surface area contributed by atoms with E-state index in [1.165, 1.54) is 5.56 Å². The van der Waals surface area contributed by atoms with Crippen molar-refractivity contribution in [3.05, 3.63) is 95.1 Å². The minimum absolute atomic E-state index is 0.330. The van der Waals surface area contributed by atoms with Gasteiger partial charge in [0.15, 0.2) is 0 Å². The van der Waals surface area contributed by atoms with Crippen LogP contribution in [0.5, 0.6) is 0 Å². The average Bonchev–Trinajstić information content (AvgIpc) is 3.31. The number of hydrogen-bond donors (Lipinski definition) is 2. The number of methoxy groups -OCH3 is 1. The van der Waals surface area contributed by atoms with Crippen molar-refractivity contribution in [1.82, 2.24) is 10.2 Å². The molecular formula is C33H40N2O4S. The zero-order valence-corrected chi connectivity index (χ0v) is 24.5. The van der Waals surface area contributed by atoms with Crippen LogP contribution in [0, 0.1) is 12.8 Å². The first kappa shape index (κ1) is 29.8. The maximum Gasteiger partial charge on any atom is 0.326 e. The van der Waals surface area contributed by atoms with Crippen molar-refractivity contribution in [2.45, 2.75) is 44.8 Å². The Morgan fingerprint density at radius 1 is 1.05 bits per heavy atom. The summed E-state index contributed by atoms with van der Waals surface area (Å²) >= 11 is 1.56. The van der Waals surface area contributed by atoms with Gasteiger partial charge in [-0.2, -0.15) is 11.8 Å². The highest BCUT2D eigenvalue weighted by Gasteiger charge is 2.32. The van der Waals surface area contributed by atoms with E-state index in [9.17, 15) is 14.7 Å².